The van der Waals surface area contributed by atoms with Crippen molar-refractivity contribution in [1.29, 1.82) is 0 Å². The lowest BCUT2D eigenvalue weighted by atomic mass is 9.81. The van der Waals surface area contributed by atoms with Crippen molar-refractivity contribution in [2.45, 2.75) is 215 Å². The number of Topliss-reactive ketones (excluding diaryl/α,β-unsaturated/α-hetero) is 3. The number of allylic oxidation sites excluding steroid dienone is 4. The summed E-state index contributed by atoms with van der Waals surface area (Å²) < 4.78 is 304. The molecule has 25 nitrogen and oxygen atoms in total. The Kier molecular flexibility index (Phi) is 131. The van der Waals surface area contributed by atoms with Crippen LogP contribution in [0, 0.1) is 5.41 Å². The number of hydrogen-bond acceptors (Lipinski definition) is 25. The predicted octanol–water partition coefficient (Wildman–Crippen LogP) is 24.2. The molecule has 0 spiro atoms. The highest BCUT2D eigenvalue weighted by Crippen LogP contribution is 2.52. The van der Waals surface area contributed by atoms with Crippen molar-refractivity contribution in [3.63, 3.8) is 0 Å². The van der Waals surface area contributed by atoms with Gasteiger partial charge >= 0.3 is 78.8 Å². The first-order chi connectivity index (χ1) is 63.0. The zero-order valence-corrected chi connectivity index (χ0v) is 80.3. The standard InChI is InChI=1S/C14H12F6O2.C11H14F6O3.C8H13FO3.C7H9F3O2.C7H12O2.C6H10O2.C5H5F3O.C5H8O2.2C5H8O.C4H6O.3C3H2O.2C2H5FO.CH3F.3CH4/c1-8(2)11(21)22-10-6-4-9(5-7-10)12(3,13(15,16)17)14(18,19)20;1-7(2)8(18)20-5-4-19-6-9(3,10(12,13)14)11(15,16)17;1-3-4-11-5-6-12-8(10)7(2)9;1-3-4-12-6(11)5(2)7(8,9)10;1-4-5-9-7(8)6(2)3;1-3-5-8-6(7)4-2;1-3(4(2)9)5(6,7)8;1-3-5(6)7-4-2;2*1-4(2)5(3)6;1-3-4(2)5;3*1-2-3-4;2*1-2-4-3;1-2;;;/h4-7H,1H2,2-3H3;1,4-6H2,2-3H3;2-6H2,1H3;2-4H2,1H3;2,4-5H2,1,3H3;4H,2-3,5H2,1H3;1H2,2H3;3H,1,4H2,2H3;2*1H2,2-3H3;3H,1H2,2H3;3*1H2;2*2H2,1H3;1H3;3*1H4. The van der Waals surface area contributed by atoms with Gasteiger partial charge in [0.25, 0.3) is 0 Å². The third-order valence-corrected chi connectivity index (χ3v) is 12.2. The summed E-state index contributed by atoms with van der Waals surface area (Å²) in [4.78, 5) is 146. The van der Waals surface area contributed by atoms with Crippen molar-refractivity contribution in [2.75, 3.05) is 86.5 Å². The molecule has 1 aromatic carbocycles. The maximum atomic E-state index is 12.9. The summed E-state index contributed by atoms with van der Waals surface area (Å²) in [6, 6.07) is 2.99. The number of carbonyl (C=O) groups excluding carboxylic acids is 14. The minimum absolute atomic E-state index is 0. The second-order valence-electron chi connectivity index (χ2n) is 24.3. The Hall–Kier alpha value is -12.7. The van der Waals surface area contributed by atoms with Crippen LogP contribution in [-0.2, 0) is 120 Å². The number of esters is 7. The van der Waals surface area contributed by atoms with Gasteiger partial charge in [-0.15, -0.1) is 0 Å². The number of ether oxygens (including phenoxy) is 9. The molecule has 0 heterocycles. The number of carbonyl (C=O) groups is 11. The van der Waals surface area contributed by atoms with Gasteiger partial charge in [-0.1, -0.05) is 134 Å². The molecule has 0 saturated heterocycles. The van der Waals surface area contributed by atoms with E-state index >= 15 is 0 Å². The van der Waals surface area contributed by atoms with E-state index in [0.717, 1.165) is 50.5 Å². The van der Waals surface area contributed by atoms with Crippen LogP contribution < -0.4 is 4.74 Å². The maximum absolute atomic E-state index is 12.9. The maximum Gasteiger partial charge on any atom is 0.422 e. The van der Waals surface area contributed by atoms with Gasteiger partial charge in [0.05, 0.1) is 72.2 Å². The summed E-state index contributed by atoms with van der Waals surface area (Å²) in [6.45, 7) is 68.7. The van der Waals surface area contributed by atoms with E-state index in [1.165, 1.54) is 58.5 Å². The van der Waals surface area contributed by atoms with Gasteiger partial charge < -0.3 is 42.6 Å². The highest BCUT2D eigenvalue weighted by atomic mass is 19.4. The van der Waals surface area contributed by atoms with Crippen molar-refractivity contribution in [1.82, 2.24) is 0 Å². The van der Waals surface area contributed by atoms with Crippen LogP contribution >= 0.6 is 0 Å². The molecule has 141 heavy (non-hydrogen) atoms. The van der Waals surface area contributed by atoms with Gasteiger partial charge in [0, 0.05) is 35.5 Å². The lowest BCUT2D eigenvalue weighted by molar-refractivity contribution is -0.345. The van der Waals surface area contributed by atoms with Gasteiger partial charge in [-0.3, -0.25) is 23.6 Å². The molecule has 0 fully saturated rings. The van der Waals surface area contributed by atoms with Crippen LogP contribution in [0.2, 0.25) is 0 Å². The lowest BCUT2D eigenvalue weighted by Crippen LogP contribution is -2.51. The third-order valence-electron chi connectivity index (χ3n) is 12.2. The number of rotatable bonds is 32. The largest absolute Gasteiger partial charge is 0.463 e. The summed E-state index contributed by atoms with van der Waals surface area (Å²) in [5, 5.41) is 0. The first kappa shape index (κ1) is 174. The van der Waals surface area contributed by atoms with E-state index in [9.17, 15) is 150 Å². The Morgan fingerprint density at radius 3 is 0.816 bits per heavy atom. The summed E-state index contributed by atoms with van der Waals surface area (Å²) in [5.74, 6) is -3.23. The molecule has 0 saturated carbocycles. The van der Waals surface area contributed by atoms with Gasteiger partial charge in [-0.25, -0.2) is 47.9 Å². The summed E-state index contributed by atoms with van der Waals surface area (Å²) in [7, 11) is 0.500. The molecule has 0 unspecified atom stereocenters. The summed E-state index contributed by atoms with van der Waals surface area (Å²) in [5.41, 5.74) is -4.33. The Labute approximate surface area is 811 Å². The SMILES string of the molecule is C.C.C.C=C(C(=O)OCCC)C(F)(F)F.C=C(C(C)=O)C(F)(F)F.C=C(C)C(=O)OCCC.C=C(C)C(=O)OCCOCC(C)(C(F)(F)F)C(F)(F)F.C=C(C)C(=O)Oc1ccc(C(C)(C(F)(F)F)C(F)(F)F)cc1.C=C(C)C(C)=O.C=C(C)C(C)=O.C=C(F)C(=O)OCCOCCC.C=C=C=O.C=C=C=O.C=C=C=O.C=CC(=O)OCC.C=CC(=O)OCCC.C=CC(C)=O.CCOF.CCOF.CF. The molecule has 0 aliphatic heterocycles. The Balaban J connectivity index is -0.0000000683. The van der Waals surface area contributed by atoms with Crippen molar-refractivity contribution >= 4 is 82.7 Å². The van der Waals surface area contributed by atoms with Gasteiger partial charge in [-0.05, 0) is 204 Å². The number of ketones is 4. The molecule has 0 N–H and O–H groups in total. The minimum atomic E-state index is -5.53. The monoisotopic (exact) mass is 2080 g/mol. The quantitative estimate of drug-likeness (QED) is 0.00945. The Morgan fingerprint density at radius 2 is 0.617 bits per heavy atom. The zero-order chi connectivity index (χ0) is 113. The highest BCUT2D eigenvalue weighted by Gasteiger charge is 2.69. The second kappa shape index (κ2) is 106. The van der Waals surface area contributed by atoms with Crippen LogP contribution in [0.25, 0.3) is 0 Å². The molecule has 47 heteroatoms. The number of benzene rings is 1. The van der Waals surface area contributed by atoms with Crippen LogP contribution in [0.1, 0.15) is 178 Å². The van der Waals surface area contributed by atoms with E-state index in [0.29, 0.717) is 75.5 Å². The Morgan fingerprint density at radius 1 is 0.355 bits per heavy atom. The average Bonchev–Trinajstić information content (AvgIpc) is 0.722. The van der Waals surface area contributed by atoms with Crippen molar-refractivity contribution in [3.05, 3.63) is 202 Å². The minimum Gasteiger partial charge on any atom is -0.463 e. The fourth-order valence-electron chi connectivity index (χ4n) is 4.35. The molecule has 0 atom stereocenters. The first-order valence-corrected chi connectivity index (χ1v) is 38.3. The van der Waals surface area contributed by atoms with Crippen molar-refractivity contribution in [2.24, 2.45) is 5.41 Å². The van der Waals surface area contributed by atoms with Crippen LogP contribution in [0.3, 0.4) is 0 Å². The van der Waals surface area contributed by atoms with Gasteiger partial charge in [0.15, 0.2) is 51.8 Å². The normalized spacial score (nSPS) is 9.34. The molecule has 0 amide bonds. The second-order valence-corrected chi connectivity index (χ2v) is 24.3. The first-order valence-electron chi connectivity index (χ1n) is 38.3. The van der Waals surface area contributed by atoms with Crippen LogP contribution in [0.4, 0.5) is 96.9 Å². The molecule has 816 valence electrons. The summed E-state index contributed by atoms with van der Waals surface area (Å²) in [6.07, 6.45) is -24.6. The highest BCUT2D eigenvalue weighted by molar-refractivity contribution is 5.94. The van der Waals surface area contributed by atoms with E-state index in [1.807, 2.05) is 38.0 Å². The van der Waals surface area contributed by atoms with E-state index in [4.69, 9.17) is 28.6 Å². The van der Waals surface area contributed by atoms with Crippen LogP contribution in [0.15, 0.2) is 197 Å². The molecular weight excluding hydrogens is 1950 g/mol. The van der Waals surface area contributed by atoms with Crippen molar-refractivity contribution in [3.8, 4) is 5.75 Å². The van der Waals surface area contributed by atoms with Gasteiger partial charge in [0.2, 0.25) is 5.83 Å². The molecule has 0 bridgehead atoms. The topological polar surface area (TPSA) is 341 Å². The van der Waals surface area contributed by atoms with Crippen molar-refractivity contribution < 1.29 is 216 Å². The van der Waals surface area contributed by atoms with E-state index in [1.54, 1.807) is 48.5 Å². The number of hydrogen-bond donors (Lipinski definition) is 0. The number of alkyl halides is 19. The number of halogens is 22. The molecule has 0 aliphatic carbocycles. The molecule has 0 aromatic heterocycles. The van der Waals surface area contributed by atoms with Crippen LogP contribution in [-0.4, -0.2) is 206 Å². The van der Waals surface area contributed by atoms with Gasteiger partial charge in [-0.2, -0.15) is 93.3 Å². The third kappa shape index (κ3) is 120. The van der Waals surface area contributed by atoms with E-state index < -0.39 is 120 Å². The molecule has 1 rings (SSSR count). The zero-order valence-electron chi connectivity index (χ0n) is 80.3. The summed E-state index contributed by atoms with van der Waals surface area (Å²) >= 11 is 0. The molecular formula is C94H136F22O25. The van der Waals surface area contributed by atoms with E-state index in [2.05, 4.69) is 130 Å². The average molecular weight is 2080 g/mol. The van der Waals surface area contributed by atoms with E-state index in [-0.39, 0.29) is 115 Å². The Bertz CT molecular complexity index is 3820. The van der Waals surface area contributed by atoms with Gasteiger partial charge in [0.1, 0.15) is 24.5 Å². The molecule has 1 aromatic rings. The van der Waals surface area contributed by atoms with Crippen LogP contribution in [0.5, 0.6) is 5.75 Å². The molecule has 0 aliphatic rings. The lowest BCUT2D eigenvalue weighted by Gasteiger charge is -2.34. The fraction of sp³-hybridized carbons (Fsp3) is 0.489. The smallest absolute Gasteiger partial charge is 0.422 e. The predicted molar refractivity (Wildman–Crippen MR) is 491 cm³/mol. The fourth-order valence-corrected chi connectivity index (χ4v) is 4.35. The molecule has 0 radical (unpaired) electrons.